The van der Waals surface area contributed by atoms with Gasteiger partial charge in [0.05, 0.1) is 0 Å². The van der Waals surface area contributed by atoms with Crippen LogP contribution in [0.2, 0.25) is 0 Å². The number of benzene rings is 1. The van der Waals surface area contributed by atoms with E-state index in [2.05, 4.69) is 17.9 Å². The van der Waals surface area contributed by atoms with Gasteiger partial charge in [0.15, 0.2) is 0 Å². The van der Waals surface area contributed by atoms with Crippen molar-refractivity contribution in [2.24, 2.45) is 0 Å². The smallest absolute Gasteiger partial charge is 0.352 e. The van der Waals surface area contributed by atoms with Crippen LogP contribution in [0, 0.1) is 0 Å². The summed E-state index contributed by atoms with van der Waals surface area (Å²) < 4.78 is 35.5. The van der Waals surface area contributed by atoms with Crippen molar-refractivity contribution in [3.63, 3.8) is 0 Å². The van der Waals surface area contributed by atoms with E-state index in [-0.39, 0.29) is 18.9 Å². The first-order valence-electron chi connectivity index (χ1n) is 5.02. The Kier molecular flexibility index (Phi) is 4.86. The van der Waals surface area contributed by atoms with Crippen molar-refractivity contribution < 1.29 is 18.0 Å². The van der Waals surface area contributed by atoms with Gasteiger partial charge in [-0.3, -0.25) is 4.79 Å². The van der Waals surface area contributed by atoms with E-state index in [1.807, 2.05) is 0 Å². The Hall–Kier alpha value is -1.17. The topological polar surface area (TPSA) is 29.1 Å². The molecule has 0 unspecified atom stereocenters. The fraction of sp³-hybridized carbons (Fsp3) is 0.364. The molecule has 0 saturated heterocycles. The van der Waals surface area contributed by atoms with Crippen LogP contribution in [0.1, 0.15) is 23.2 Å². The molecule has 1 rings (SSSR count). The maximum atomic E-state index is 11.8. The lowest BCUT2D eigenvalue weighted by Gasteiger charge is -2.07. The van der Waals surface area contributed by atoms with Gasteiger partial charge in [0, 0.05) is 23.4 Å². The van der Waals surface area contributed by atoms with Crippen molar-refractivity contribution in [3.05, 3.63) is 29.8 Å². The van der Waals surface area contributed by atoms with Crippen molar-refractivity contribution in [2.75, 3.05) is 6.54 Å². The van der Waals surface area contributed by atoms with Crippen LogP contribution in [0.25, 0.3) is 0 Å². The SMILES string of the molecule is O=C(NCCCC(F)(F)F)c1cccc(S)c1. The summed E-state index contributed by atoms with van der Waals surface area (Å²) in [6.45, 7) is 0.00907. The van der Waals surface area contributed by atoms with Crippen molar-refractivity contribution >= 4 is 18.5 Å². The minimum absolute atomic E-state index is 0.00907. The van der Waals surface area contributed by atoms with Gasteiger partial charge in [-0.1, -0.05) is 6.07 Å². The van der Waals surface area contributed by atoms with Crippen molar-refractivity contribution in [3.8, 4) is 0 Å². The van der Waals surface area contributed by atoms with E-state index in [4.69, 9.17) is 0 Å². The average Bonchev–Trinajstić information content (AvgIpc) is 2.23. The van der Waals surface area contributed by atoms with Crippen LogP contribution in [0.4, 0.5) is 13.2 Å². The molecule has 0 fully saturated rings. The molecule has 2 nitrogen and oxygen atoms in total. The summed E-state index contributed by atoms with van der Waals surface area (Å²) in [5, 5.41) is 2.43. The van der Waals surface area contributed by atoms with Crippen molar-refractivity contribution in [2.45, 2.75) is 23.9 Å². The predicted molar refractivity (Wildman–Crippen MR) is 61.3 cm³/mol. The van der Waals surface area contributed by atoms with Gasteiger partial charge in [0.25, 0.3) is 5.91 Å². The first-order chi connectivity index (χ1) is 7.88. The number of carbonyl (C=O) groups is 1. The highest BCUT2D eigenvalue weighted by Gasteiger charge is 2.25. The molecule has 1 amide bonds. The van der Waals surface area contributed by atoms with Gasteiger partial charge in [-0.15, -0.1) is 12.6 Å². The van der Waals surface area contributed by atoms with E-state index in [1.165, 1.54) is 0 Å². The summed E-state index contributed by atoms with van der Waals surface area (Å²) in [5.74, 6) is -0.386. The van der Waals surface area contributed by atoms with E-state index in [9.17, 15) is 18.0 Å². The fourth-order valence-electron chi connectivity index (χ4n) is 1.24. The molecule has 0 aliphatic carbocycles. The third-order valence-corrected chi connectivity index (χ3v) is 2.31. The van der Waals surface area contributed by atoms with Gasteiger partial charge < -0.3 is 5.32 Å². The quantitative estimate of drug-likeness (QED) is 0.634. The van der Waals surface area contributed by atoms with E-state index >= 15 is 0 Å². The third kappa shape index (κ3) is 5.63. The summed E-state index contributed by atoms with van der Waals surface area (Å²) in [5.41, 5.74) is 0.393. The molecule has 0 aliphatic rings. The second-order valence-corrected chi connectivity index (χ2v) is 4.04. The maximum Gasteiger partial charge on any atom is 0.389 e. The Balaban J connectivity index is 2.36. The Bertz CT molecular complexity index is 393. The summed E-state index contributed by atoms with van der Waals surface area (Å²) in [4.78, 5) is 12.1. The molecule has 1 aromatic carbocycles. The van der Waals surface area contributed by atoms with Crippen LogP contribution in [0.15, 0.2) is 29.2 Å². The number of amides is 1. The van der Waals surface area contributed by atoms with Crippen LogP contribution in [-0.4, -0.2) is 18.6 Å². The Morgan fingerprint density at radius 3 is 2.65 bits per heavy atom. The Labute approximate surface area is 103 Å². The maximum absolute atomic E-state index is 11.8. The molecule has 0 atom stereocenters. The molecule has 0 spiro atoms. The van der Waals surface area contributed by atoms with Gasteiger partial charge in [0.2, 0.25) is 0 Å². The zero-order chi connectivity index (χ0) is 12.9. The lowest BCUT2D eigenvalue weighted by Crippen LogP contribution is -2.25. The first kappa shape index (κ1) is 13.9. The molecule has 94 valence electrons. The van der Waals surface area contributed by atoms with Gasteiger partial charge in [0.1, 0.15) is 0 Å². The summed E-state index contributed by atoms with van der Waals surface area (Å²) in [6.07, 6.45) is -5.18. The number of thiol groups is 1. The standard InChI is InChI=1S/C11H12F3NOS/c12-11(13,14)5-2-6-15-10(16)8-3-1-4-9(17)7-8/h1,3-4,7,17H,2,5-6H2,(H,15,16). The average molecular weight is 263 g/mol. The first-order valence-corrected chi connectivity index (χ1v) is 5.47. The van der Waals surface area contributed by atoms with E-state index in [0.29, 0.717) is 10.5 Å². The zero-order valence-corrected chi connectivity index (χ0v) is 9.81. The van der Waals surface area contributed by atoms with Gasteiger partial charge in [-0.05, 0) is 24.6 Å². The number of alkyl halides is 3. The minimum atomic E-state index is -4.17. The monoisotopic (exact) mass is 263 g/mol. The normalized spacial score (nSPS) is 11.3. The molecular weight excluding hydrogens is 251 g/mol. The molecule has 1 aromatic rings. The molecule has 0 bridgehead atoms. The molecule has 6 heteroatoms. The summed E-state index contributed by atoms with van der Waals surface area (Å²) >= 11 is 4.07. The van der Waals surface area contributed by atoms with E-state index < -0.39 is 12.6 Å². The zero-order valence-electron chi connectivity index (χ0n) is 8.92. The largest absolute Gasteiger partial charge is 0.389 e. The lowest BCUT2D eigenvalue weighted by molar-refractivity contribution is -0.135. The van der Waals surface area contributed by atoms with Gasteiger partial charge >= 0.3 is 6.18 Å². The predicted octanol–water partition coefficient (Wildman–Crippen LogP) is 3.05. The number of halogens is 3. The molecule has 1 N–H and O–H groups in total. The summed E-state index contributed by atoms with van der Waals surface area (Å²) in [7, 11) is 0. The van der Waals surface area contributed by atoms with Crippen LogP contribution in [-0.2, 0) is 0 Å². The number of carbonyl (C=O) groups excluding carboxylic acids is 1. The lowest BCUT2D eigenvalue weighted by atomic mass is 10.2. The molecule has 0 aliphatic heterocycles. The highest BCUT2D eigenvalue weighted by atomic mass is 32.1. The van der Waals surface area contributed by atoms with Crippen molar-refractivity contribution in [1.29, 1.82) is 0 Å². The molecule has 0 heterocycles. The number of hydrogen-bond acceptors (Lipinski definition) is 2. The van der Waals surface area contributed by atoms with E-state index in [0.717, 1.165) is 0 Å². The van der Waals surface area contributed by atoms with Crippen molar-refractivity contribution in [1.82, 2.24) is 5.32 Å². The van der Waals surface area contributed by atoms with Gasteiger partial charge in [-0.2, -0.15) is 13.2 Å². The number of hydrogen-bond donors (Lipinski definition) is 2. The Morgan fingerprint density at radius 1 is 1.35 bits per heavy atom. The van der Waals surface area contributed by atoms with Crippen LogP contribution in [0.3, 0.4) is 0 Å². The minimum Gasteiger partial charge on any atom is -0.352 e. The second-order valence-electron chi connectivity index (χ2n) is 3.52. The molecule has 0 radical (unpaired) electrons. The van der Waals surface area contributed by atoms with Crippen LogP contribution >= 0.6 is 12.6 Å². The molecule has 17 heavy (non-hydrogen) atoms. The van der Waals surface area contributed by atoms with Gasteiger partial charge in [-0.25, -0.2) is 0 Å². The second kappa shape index (κ2) is 5.95. The highest BCUT2D eigenvalue weighted by molar-refractivity contribution is 7.80. The summed E-state index contributed by atoms with van der Waals surface area (Å²) in [6, 6.07) is 6.51. The number of nitrogens with one attached hydrogen (secondary N) is 1. The van der Waals surface area contributed by atoms with E-state index in [1.54, 1.807) is 24.3 Å². The fourth-order valence-corrected chi connectivity index (χ4v) is 1.47. The third-order valence-electron chi connectivity index (χ3n) is 2.03. The molecule has 0 saturated carbocycles. The molecular formula is C11H12F3NOS. The van der Waals surface area contributed by atoms with Crippen LogP contribution in [0.5, 0.6) is 0 Å². The van der Waals surface area contributed by atoms with Crippen LogP contribution < -0.4 is 5.32 Å². The molecule has 0 aromatic heterocycles. The number of rotatable bonds is 4. The highest BCUT2D eigenvalue weighted by Crippen LogP contribution is 2.20. The Morgan fingerprint density at radius 2 is 2.06 bits per heavy atom.